The van der Waals surface area contributed by atoms with Crippen molar-refractivity contribution in [3.63, 3.8) is 0 Å². The topological polar surface area (TPSA) is 110 Å². The molecule has 1 aromatic heterocycles. The highest BCUT2D eigenvalue weighted by Gasteiger charge is 2.17. The van der Waals surface area contributed by atoms with Gasteiger partial charge in [0.15, 0.2) is 6.29 Å². The summed E-state index contributed by atoms with van der Waals surface area (Å²) < 4.78 is 11.0. The molecule has 1 aliphatic heterocycles. The summed E-state index contributed by atoms with van der Waals surface area (Å²) in [6.07, 6.45) is 0.996. The monoisotopic (exact) mass is 371 g/mol. The van der Waals surface area contributed by atoms with E-state index in [-0.39, 0.29) is 17.5 Å². The zero-order valence-corrected chi connectivity index (χ0v) is 15.0. The average Bonchev–Trinajstić information content (AvgIpc) is 3.21. The second kappa shape index (κ2) is 8.50. The number of rotatable bonds is 9. The Morgan fingerprint density at radius 3 is 2.93 bits per heavy atom. The van der Waals surface area contributed by atoms with Crippen LogP contribution in [0.5, 0.6) is 5.75 Å². The number of amides is 2. The lowest BCUT2D eigenvalue weighted by Gasteiger charge is -2.09. The van der Waals surface area contributed by atoms with Crippen LogP contribution in [0.3, 0.4) is 0 Å². The summed E-state index contributed by atoms with van der Waals surface area (Å²) in [4.78, 5) is 37.1. The summed E-state index contributed by atoms with van der Waals surface area (Å²) in [6.45, 7) is 3.17. The van der Waals surface area contributed by atoms with E-state index in [2.05, 4.69) is 15.6 Å². The Kier molecular flexibility index (Phi) is 5.87. The molecule has 3 N–H and O–H groups in total. The number of ether oxygens (including phenoxy) is 2. The number of aromatic nitrogens is 1. The van der Waals surface area contributed by atoms with Gasteiger partial charge in [-0.05, 0) is 36.8 Å². The van der Waals surface area contributed by atoms with E-state index in [0.29, 0.717) is 50.4 Å². The lowest BCUT2D eigenvalue weighted by atomic mass is 10.1. The molecule has 0 aliphatic carbocycles. The van der Waals surface area contributed by atoms with E-state index in [1.165, 1.54) is 0 Å². The Morgan fingerprint density at radius 2 is 2.11 bits per heavy atom. The van der Waals surface area contributed by atoms with Gasteiger partial charge in [0.2, 0.25) is 5.91 Å². The van der Waals surface area contributed by atoms with Crippen molar-refractivity contribution in [2.45, 2.75) is 13.3 Å². The van der Waals surface area contributed by atoms with Crippen molar-refractivity contribution < 1.29 is 23.9 Å². The van der Waals surface area contributed by atoms with Gasteiger partial charge < -0.3 is 25.1 Å². The maximum Gasteiger partial charge on any atom is 0.253 e. The van der Waals surface area contributed by atoms with Crippen LogP contribution in [0.4, 0.5) is 5.69 Å². The molecule has 0 bridgehead atoms. The molecule has 3 rings (SSSR count). The normalized spacial score (nSPS) is 12.4. The molecule has 8 heteroatoms. The fourth-order valence-corrected chi connectivity index (χ4v) is 2.84. The molecule has 0 spiro atoms. The van der Waals surface area contributed by atoms with Crippen LogP contribution in [-0.4, -0.2) is 49.4 Å². The summed E-state index contributed by atoms with van der Waals surface area (Å²) in [5, 5.41) is 5.47. The van der Waals surface area contributed by atoms with Crippen molar-refractivity contribution in [3.8, 4) is 5.75 Å². The van der Waals surface area contributed by atoms with E-state index in [0.717, 1.165) is 16.9 Å². The number of fused-ring (bicyclic) bond motifs is 1. The van der Waals surface area contributed by atoms with Gasteiger partial charge in [0.1, 0.15) is 12.4 Å². The van der Waals surface area contributed by atoms with Crippen LogP contribution < -0.4 is 15.4 Å². The zero-order valence-electron chi connectivity index (χ0n) is 15.0. The Hall–Kier alpha value is -3.13. The molecule has 2 amide bonds. The fourth-order valence-electron chi connectivity index (χ4n) is 2.84. The highest BCUT2D eigenvalue weighted by molar-refractivity contribution is 6.01. The van der Waals surface area contributed by atoms with Gasteiger partial charge in [0, 0.05) is 17.9 Å². The first kappa shape index (κ1) is 18.7. The molecule has 0 atom stereocenters. The standard InChI is InChI=1S/C19H21N3O5/c1-12-8-15(17(11-23)21-12)19(25)20-4-5-26-6-7-27-14-2-3-16-13(9-14)10-18(24)22-16/h2-3,8-9,11,21H,4-7,10H2,1H3,(H,20,25)(H,22,24). The number of benzene rings is 1. The minimum Gasteiger partial charge on any atom is -0.491 e. The van der Waals surface area contributed by atoms with Gasteiger partial charge in [-0.3, -0.25) is 14.4 Å². The van der Waals surface area contributed by atoms with Crippen LogP contribution in [0.2, 0.25) is 0 Å². The molecular formula is C19H21N3O5. The number of hydrogen-bond donors (Lipinski definition) is 3. The molecule has 27 heavy (non-hydrogen) atoms. The van der Waals surface area contributed by atoms with Gasteiger partial charge in [0.25, 0.3) is 5.91 Å². The minimum absolute atomic E-state index is 0.0115. The van der Waals surface area contributed by atoms with Gasteiger partial charge in [0.05, 0.1) is 30.9 Å². The van der Waals surface area contributed by atoms with E-state index in [4.69, 9.17) is 9.47 Å². The molecule has 0 saturated heterocycles. The molecule has 142 valence electrons. The van der Waals surface area contributed by atoms with Crippen molar-refractivity contribution in [3.05, 3.63) is 46.8 Å². The molecule has 8 nitrogen and oxygen atoms in total. The fraction of sp³-hybridized carbons (Fsp3) is 0.316. The van der Waals surface area contributed by atoms with Crippen LogP contribution in [0.15, 0.2) is 24.3 Å². The zero-order chi connectivity index (χ0) is 19.2. The summed E-state index contributed by atoms with van der Waals surface area (Å²) in [6, 6.07) is 7.10. The van der Waals surface area contributed by atoms with E-state index in [1.54, 1.807) is 19.1 Å². The summed E-state index contributed by atoms with van der Waals surface area (Å²) in [5.74, 6) is 0.358. The quantitative estimate of drug-likeness (QED) is 0.457. The van der Waals surface area contributed by atoms with Crippen LogP contribution in [0.1, 0.15) is 32.1 Å². The third kappa shape index (κ3) is 4.73. The van der Waals surface area contributed by atoms with E-state index in [1.807, 2.05) is 12.1 Å². The summed E-state index contributed by atoms with van der Waals surface area (Å²) in [5.41, 5.74) is 3.11. The largest absolute Gasteiger partial charge is 0.491 e. The van der Waals surface area contributed by atoms with Crippen molar-refractivity contribution in [2.24, 2.45) is 0 Å². The number of hydrogen-bond acceptors (Lipinski definition) is 5. The highest BCUT2D eigenvalue weighted by Crippen LogP contribution is 2.27. The predicted molar refractivity (Wildman–Crippen MR) is 98.3 cm³/mol. The highest BCUT2D eigenvalue weighted by atomic mass is 16.5. The third-order valence-electron chi connectivity index (χ3n) is 4.08. The SMILES string of the molecule is Cc1cc(C(=O)NCCOCCOc2ccc3c(c2)CC(=O)N3)c(C=O)[nH]1. The average molecular weight is 371 g/mol. The third-order valence-corrected chi connectivity index (χ3v) is 4.08. The first-order valence-corrected chi connectivity index (χ1v) is 8.63. The summed E-state index contributed by atoms with van der Waals surface area (Å²) in [7, 11) is 0. The van der Waals surface area contributed by atoms with Gasteiger partial charge in [-0.2, -0.15) is 0 Å². The number of aryl methyl sites for hydroxylation is 1. The van der Waals surface area contributed by atoms with E-state index < -0.39 is 0 Å². The molecule has 0 fully saturated rings. The molecule has 2 aromatic rings. The van der Waals surface area contributed by atoms with Crippen LogP contribution >= 0.6 is 0 Å². The Bertz CT molecular complexity index is 859. The van der Waals surface area contributed by atoms with Crippen molar-refractivity contribution in [1.29, 1.82) is 0 Å². The lowest BCUT2D eigenvalue weighted by Crippen LogP contribution is -2.28. The number of aldehydes is 1. The summed E-state index contributed by atoms with van der Waals surface area (Å²) >= 11 is 0. The number of H-pyrrole nitrogens is 1. The first-order valence-electron chi connectivity index (χ1n) is 8.63. The van der Waals surface area contributed by atoms with Crippen molar-refractivity contribution in [1.82, 2.24) is 10.3 Å². The van der Waals surface area contributed by atoms with Gasteiger partial charge in [-0.1, -0.05) is 0 Å². The molecule has 2 heterocycles. The van der Waals surface area contributed by atoms with Crippen molar-refractivity contribution >= 4 is 23.8 Å². The maximum absolute atomic E-state index is 12.0. The number of aromatic amines is 1. The van der Waals surface area contributed by atoms with Gasteiger partial charge in [-0.15, -0.1) is 0 Å². The molecule has 1 aromatic carbocycles. The molecule has 0 unspecified atom stereocenters. The lowest BCUT2D eigenvalue weighted by molar-refractivity contribution is -0.115. The van der Waals surface area contributed by atoms with Crippen molar-refractivity contribution in [2.75, 3.05) is 31.7 Å². The molecule has 0 radical (unpaired) electrons. The molecule has 0 saturated carbocycles. The molecular weight excluding hydrogens is 350 g/mol. The van der Waals surface area contributed by atoms with E-state index >= 15 is 0 Å². The predicted octanol–water partition coefficient (Wildman–Crippen LogP) is 1.46. The minimum atomic E-state index is -0.317. The van der Waals surface area contributed by atoms with Crippen LogP contribution in [-0.2, 0) is 16.0 Å². The first-order chi connectivity index (χ1) is 13.1. The van der Waals surface area contributed by atoms with Crippen LogP contribution in [0, 0.1) is 6.92 Å². The Balaban J connectivity index is 1.32. The number of carbonyl (C=O) groups excluding carboxylic acids is 3. The number of nitrogens with one attached hydrogen (secondary N) is 3. The Labute approximate surface area is 156 Å². The number of anilines is 1. The second-order valence-electron chi connectivity index (χ2n) is 6.16. The maximum atomic E-state index is 12.0. The Morgan fingerprint density at radius 1 is 1.26 bits per heavy atom. The van der Waals surface area contributed by atoms with Crippen LogP contribution in [0.25, 0.3) is 0 Å². The molecule has 1 aliphatic rings. The number of carbonyl (C=O) groups is 3. The van der Waals surface area contributed by atoms with Gasteiger partial charge >= 0.3 is 0 Å². The van der Waals surface area contributed by atoms with Gasteiger partial charge in [-0.25, -0.2) is 0 Å². The smallest absolute Gasteiger partial charge is 0.253 e. The van der Waals surface area contributed by atoms with E-state index in [9.17, 15) is 14.4 Å². The second-order valence-corrected chi connectivity index (χ2v) is 6.16.